The van der Waals surface area contributed by atoms with Crippen molar-refractivity contribution in [2.24, 2.45) is 0 Å². The van der Waals surface area contributed by atoms with E-state index in [1.54, 1.807) is 0 Å². The van der Waals surface area contributed by atoms with E-state index in [9.17, 15) is 0 Å². The van der Waals surface area contributed by atoms with Gasteiger partial charge in [-0.15, -0.1) is 0 Å². The highest BCUT2D eigenvalue weighted by Gasteiger charge is 1.60. The van der Waals surface area contributed by atoms with Gasteiger partial charge in [-0.2, -0.15) is 0 Å². The van der Waals surface area contributed by atoms with Crippen LogP contribution >= 0.6 is 0 Å². The Balaban J connectivity index is 2.78. The summed E-state index contributed by atoms with van der Waals surface area (Å²) in [5.41, 5.74) is 0. The van der Waals surface area contributed by atoms with Crippen LogP contribution < -0.4 is 0 Å². The SMILES string of the molecule is [2H]CCC=CCC. The molecule has 0 saturated carbocycles. The van der Waals surface area contributed by atoms with Crippen LogP contribution in [0, 0.1) is 0 Å². The van der Waals surface area contributed by atoms with E-state index in [2.05, 4.69) is 13.0 Å². The van der Waals surface area contributed by atoms with Gasteiger partial charge in [0.05, 0.1) is 0 Å². The first-order chi connectivity index (χ1) is 3.41. The monoisotopic (exact) mass is 85.1 g/mol. The van der Waals surface area contributed by atoms with Crippen molar-refractivity contribution in [2.75, 3.05) is 0 Å². The standard InChI is InChI=1S/C6H12/c1-3-5-6-4-2/h5-6H,3-4H2,1-2H3/i1D. The van der Waals surface area contributed by atoms with Crippen molar-refractivity contribution in [1.82, 2.24) is 0 Å². The van der Waals surface area contributed by atoms with Gasteiger partial charge in [-0.25, -0.2) is 0 Å². The average molecular weight is 85.2 g/mol. The Labute approximate surface area is 41.3 Å². The third kappa shape index (κ3) is 3.74. The zero-order valence-electron chi connectivity index (χ0n) is 5.28. The van der Waals surface area contributed by atoms with E-state index in [1.807, 2.05) is 6.08 Å². The summed E-state index contributed by atoms with van der Waals surface area (Å²) >= 11 is 0. The Hall–Kier alpha value is -0.260. The first-order valence-electron chi connectivity index (χ1n) is 3.06. The van der Waals surface area contributed by atoms with Crippen LogP contribution in [0.3, 0.4) is 0 Å². The van der Waals surface area contributed by atoms with Gasteiger partial charge in [0.2, 0.25) is 0 Å². The summed E-state index contributed by atoms with van der Waals surface area (Å²) in [5.74, 6) is 0. The fourth-order valence-electron chi connectivity index (χ4n) is 0.285. The predicted octanol–water partition coefficient (Wildman–Crippen LogP) is 2.36. The normalized spacial score (nSPS) is 12.5. The minimum atomic E-state index is 0.524. The predicted molar refractivity (Wildman–Crippen MR) is 29.7 cm³/mol. The van der Waals surface area contributed by atoms with Gasteiger partial charge in [0.25, 0.3) is 0 Å². The molecule has 0 radical (unpaired) electrons. The minimum absolute atomic E-state index is 0.524. The van der Waals surface area contributed by atoms with Crippen LogP contribution in [0.15, 0.2) is 12.2 Å². The summed E-state index contributed by atoms with van der Waals surface area (Å²) in [7, 11) is 0. The molecule has 36 valence electrons. The lowest BCUT2D eigenvalue weighted by atomic mass is 10.4. The van der Waals surface area contributed by atoms with Crippen LogP contribution in [0.5, 0.6) is 0 Å². The van der Waals surface area contributed by atoms with Crippen molar-refractivity contribution in [3.63, 3.8) is 0 Å². The molecule has 0 spiro atoms. The Morgan fingerprint density at radius 2 is 2.17 bits per heavy atom. The molecule has 6 heavy (non-hydrogen) atoms. The molecule has 0 amide bonds. The number of allylic oxidation sites excluding steroid dienone is 2. The number of rotatable bonds is 2. The molecule has 0 aliphatic carbocycles. The van der Waals surface area contributed by atoms with Crippen molar-refractivity contribution in [3.8, 4) is 0 Å². The van der Waals surface area contributed by atoms with E-state index in [1.165, 1.54) is 0 Å². The quantitative estimate of drug-likeness (QED) is 0.451. The summed E-state index contributed by atoms with van der Waals surface area (Å²) in [4.78, 5) is 0. The average Bonchev–Trinajstić information content (AvgIpc) is 1.69. The van der Waals surface area contributed by atoms with Gasteiger partial charge < -0.3 is 0 Å². The Bertz CT molecular complexity index is 48.1. The van der Waals surface area contributed by atoms with Gasteiger partial charge in [0.15, 0.2) is 0 Å². The number of hydrogen-bond acceptors (Lipinski definition) is 0. The molecule has 0 aromatic rings. The lowest BCUT2D eigenvalue weighted by molar-refractivity contribution is 1.16. The lowest BCUT2D eigenvalue weighted by Crippen LogP contribution is -1.51. The van der Waals surface area contributed by atoms with E-state index in [0.29, 0.717) is 6.90 Å². The molecule has 0 aromatic carbocycles. The first kappa shape index (κ1) is 3.91. The summed E-state index contributed by atoms with van der Waals surface area (Å²) in [6, 6.07) is 0. The first-order valence-corrected chi connectivity index (χ1v) is 2.36. The van der Waals surface area contributed by atoms with E-state index in [-0.39, 0.29) is 0 Å². The van der Waals surface area contributed by atoms with Crippen molar-refractivity contribution >= 4 is 0 Å². The molecule has 0 unspecified atom stereocenters. The Kier molecular flexibility index (Phi) is 3.09. The maximum absolute atomic E-state index is 6.73. The Morgan fingerprint density at radius 3 is 2.67 bits per heavy atom. The summed E-state index contributed by atoms with van der Waals surface area (Å²) < 4.78 is 6.73. The lowest BCUT2D eigenvalue weighted by Gasteiger charge is -1.72. The maximum Gasteiger partial charge on any atom is 0.0233 e. The molecule has 0 rings (SSSR count). The largest absolute Gasteiger partial charge is 0.0888 e. The molecule has 0 atom stereocenters. The highest BCUT2D eigenvalue weighted by atomic mass is 13.7. The van der Waals surface area contributed by atoms with Crippen LogP contribution in [-0.4, -0.2) is 0 Å². The van der Waals surface area contributed by atoms with Crippen LogP contribution in [-0.2, 0) is 0 Å². The van der Waals surface area contributed by atoms with Crippen LogP contribution in [0.4, 0.5) is 0 Å². The molecule has 0 aliphatic heterocycles. The van der Waals surface area contributed by atoms with Gasteiger partial charge in [-0.3, -0.25) is 0 Å². The molecule has 0 aliphatic rings. The zero-order chi connectivity index (χ0) is 5.54. The number of hydrogen-bond donors (Lipinski definition) is 0. The molecule has 0 heterocycles. The molecule has 0 bridgehead atoms. The van der Waals surface area contributed by atoms with E-state index in [0.717, 1.165) is 12.8 Å². The second-order valence-corrected chi connectivity index (χ2v) is 1.17. The summed E-state index contributed by atoms with van der Waals surface area (Å²) in [5, 5.41) is 0. The van der Waals surface area contributed by atoms with E-state index < -0.39 is 0 Å². The fraction of sp³-hybridized carbons (Fsp3) is 0.667. The molecule has 0 heteroatoms. The van der Waals surface area contributed by atoms with Gasteiger partial charge >= 0.3 is 0 Å². The van der Waals surface area contributed by atoms with Crippen molar-refractivity contribution in [1.29, 1.82) is 0 Å². The molecular weight excluding hydrogens is 72.1 g/mol. The molecular formula is C6H12. The summed E-state index contributed by atoms with van der Waals surface area (Å²) in [6.07, 6.45) is 6.15. The van der Waals surface area contributed by atoms with Gasteiger partial charge in [-0.05, 0) is 12.8 Å². The van der Waals surface area contributed by atoms with Crippen LogP contribution in [0.25, 0.3) is 0 Å². The molecule has 0 N–H and O–H groups in total. The van der Waals surface area contributed by atoms with Crippen LogP contribution in [0.1, 0.15) is 28.0 Å². The highest BCUT2D eigenvalue weighted by Crippen LogP contribution is 1.81. The zero-order valence-corrected chi connectivity index (χ0v) is 4.28. The van der Waals surface area contributed by atoms with Gasteiger partial charge in [0.1, 0.15) is 0 Å². The van der Waals surface area contributed by atoms with Crippen LogP contribution in [0.2, 0.25) is 0 Å². The van der Waals surface area contributed by atoms with Crippen molar-refractivity contribution in [3.05, 3.63) is 12.2 Å². The molecule has 0 fully saturated rings. The second kappa shape index (κ2) is 4.74. The van der Waals surface area contributed by atoms with Gasteiger partial charge in [0, 0.05) is 1.37 Å². The highest BCUT2D eigenvalue weighted by molar-refractivity contribution is 4.77. The fourth-order valence-corrected chi connectivity index (χ4v) is 0.285. The molecule has 0 nitrogen and oxygen atoms in total. The third-order valence-electron chi connectivity index (χ3n) is 0.569. The Morgan fingerprint density at radius 1 is 1.50 bits per heavy atom. The van der Waals surface area contributed by atoms with Crippen molar-refractivity contribution in [2.45, 2.75) is 26.7 Å². The van der Waals surface area contributed by atoms with E-state index in [4.69, 9.17) is 1.37 Å². The topological polar surface area (TPSA) is 0 Å². The second-order valence-electron chi connectivity index (χ2n) is 1.17. The van der Waals surface area contributed by atoms with Crippen molar-refractivity contribution < 1.29 is 1.37 Å². The molecule has 0 aromatic heterocycles. The molecule has 0 saturated heterocycles. The third-order valence-corrected chi connectivity index (χ3v) is 0.569. The maximum atomic E-state index is 6.73. The van der Waals surface area contributed by atoms with E-state index >= 15 is 0 Å². The minimum Gasteiger partial charge on any atom is -0.0888 e. The summed E-state index contributed by atoms with van der Waals surface area (Å²) in [6.45, 7) is 2.62. The smallest absolute Gasteiger partial charge is 0.0233 e. The van der Waals surface area contributed by atoms with Gasteiger partial charge in [-0.1, -0.05) is 26.0 Å².